The van der Waals surface area contributed by atoms with E-state index in [0.717, 1.165) is 0 Å². The van der Waals surface area contributed by atoms with E-state index in [-0.39, 0.29) is 12.4 Å². The molecule has 66 valence electrons. The lowest BCUT2D eigenvalue weighted by Crippen LogP contribution is -2.10. The molecule has 1 rings (SSSR count). The van der Waals surface area contributed by atoms with Crippen molar-refractivity contribution in [2.45, 2.75) is 32.1 Å². The molecular weight excluding hydrogens is 154 g/mol. The summed E-state index contributed by atoms with van der Waals surface area (Å²) in [6.07, 6.45) is 4.72. The molecule has 1 saturated carbocycles. The molecule has 0 atom stereocenters. The first-order valence-electron chi connectivity index (χ1n) is 4.35. The fourth-order valence-electron chi connectivity index (χ4n) is 1.50. The number of nitriles is 1. The maximum absolute atomic E-state index is 10.8. The highest BCUT2D eigenvalue weighted by Crippen LogP contribution is 2.24. The molecule has 3 heteroatoms. The Morgan fingerprint density at radius 2 is 2.17 bits per heavy atom. The average Bonchev–Trinajstić information content (AvgIpc) is 2.53. The topological polar surface area (TPSA) is 50.1 Å². The molecule has 0 unspecified atom stereocenters. The van der Waals surface area contributed by atoms with Gasteiger partial charge in [0.2, 0.25) is 0 Å². The lowest BCUT2D eigenvalue weighted by Gasteiger charge is -2.07. The summed E-state index contributed by atoms with van der Waals surface area (Å²) in [6.45, 7) is 0.514. The van der Waals surface area contributed by atoms with Crippen molar-refractivity contribution in [1.82, 2.24) is 0 Å². The van der Waals surface area contributed by atoms with Gasteiger partial charge in [0, 0.05) is 0 Å². The molecule has 0 bridgehead atoms. The summed E-state index contributed by atoms with van der Waals surface area (Å²) >= 11 is 0. The number of nitrogens with zero attached hydrogens (tertiary/aromatic N) is 1. The zero-order chi connectivity index (χ0) is 8.81. The highest BCUT2D eigenvalue weighted by molar-refractivity contribution is 5.71. The van der Waals surface area contributed by atoms with Crippen molar-refractivity contribution in [1.29, 1.82) is 5.26 Å². The second-order valence-corrected chi connectivity index (χ2v) is 3.17. The predicted octanol–water partition coefficient (Wildman–Crippen LogP) is 1.63. The van der Waals surface area contributed by atoms with Crippen LogP contribution in [0, 0.1) is 17.2 Å². The Labute approximate surface area is 72.3 Å². The largest absolute Gasteiger partial charge is 0.465 e. The quantitative estimate of drug-likeness (QED) is 0.600. The van der Waals surface area contributed by atoms with Crippen LogP contribution < -0.4 is 0 Å². The Hall–Kier alpha value is -1.04. The van der Waals surface area contributed by atoms with Gasteiger partial charge in [-0.15, -0.1) is 0 Å². The van der Waals surface area contributed by atoms with Crippen LogP contribution in [0.3, 0.4) is 0 Å². The number of hydrogen-bond donors (Lipinski definition) is 0. The molecule has 0 radical (unpaired) electrons. The van der Waals surface area contributed by atoms with Gasteiger partial charge >= 0.3 is 5.97 Å². The fraction of sp³-hybridized carbons (Fsp3) is 0.778. The summed E-state index contributed by atoms with van der Waals surface area (Å²) in [5.41, 5.74) is 0. The summed E-state index contributed by atoms with van der Waals surface area (Å²) in [4.78, 5) is 10.8. The second-order valence-electron chi connectivity index (χ2n) is 3.17. The van der Waals surface area contributed by atoms with E-state index in [1.807, 2.05) is 0 Å². The van der Waals surface area contributed by atoms with Gasteiger partial charge in [0.15, 0.2) is 0 Å². The van der Waals surface area contributed by atoms with Crippen LogP contribution >= 0.6 is 0 Å². The molecule has 0 amide bonds. The van der Waals surface area contributed by atoms with E-state index in [9.17, 15) is 4.79 Å². The molecule has 0 aromatic rings. The van der Waals surface area contributed by atoms with E-state index in [0.29, 0.717) is 12.5 Å². The highest BCUT2D eigenvalue weighted by Gasteiger charge is 2.16. The number of esters is 1. The lowest BCUT2D eigenvalue weighted by molar-refractivity contribution is -0.143. The summed E-state index contributed by atoms with van der Waals surface area (Å²) in [6, 6.07) is 1.77. The molecule has 1 aliphatic carbocycles. The number of rotatable bonds is 3. The SMILES string of the molecule is N#CCC(=O)OCC1CCCC1. The van der Waals surface area contributed by atoms with Gasteiger partial charge in [0.25, 0.3) is 0 Å². The molecule has 0 spiro atoms. The number of carbonyl (C=O) groups is 1. The van der Waals surface area contributed by atoms with Gasteiger partial charge in [-0.05, 0) is 18.8 Å². The van der Waals surface area contributed by atoms with Gasteiger partial charge in [0.1, 0.15) is 6.42 Å². The fourth-order valence-corrected chi connectivity index (χ4v) is 1.50. The normalized spacial score (nSPS) is 17.2. The van der Waals surface area contributed by atoms with E-state index in [4.69, 9.17) is 10.00 Å². The lowest BCUT2D eigenvalue weighted by atomic mass is 10.1. The summed E-state index contributed by atoms with van der Waals surface area (Å²) in [7, 11) is 0. The molecular formula is C9H13NO2. The standard InChI is InChI=1S/C9H13NO2/c10-6-5-9(11)12-7-8-3-1-2-4-8/h8H,1-5,7H2. The van der Waals surface area contributed by atoms with Crippen LogP contribution in [0.5, 0.6) is 0 Å². The first kappa shape index (κ1) is 9.05. The molecule has 0 saturated heterocycles. The summed E-state index contributed by atoms with van der Waals surface area (Å²) < 4.78 is 4.90. The first-order chi connectivity index (χ1) is 5.83. The van der Waals surface area contributed by atoms with Gasteiger partial charge in [-0.2, -0.15) is 5.26 Å². The molecule has 1 fully saturated rings. The molecule has 0 heterocycles. The zero-order valence-electron chi connectivity index (χ0n) is 7.08. The van der Waals surface area contributed by atoms with Crippen molar-refractivity contribution in [2.75, 3.05) is 6.61 Å². The predicted molar refractivity (Wildman–Crippen MR) is 43.1 cm³/mol. The number of carbonyl (C=O) groups excluding carboxylic acids is 1. The molecule has 0 N–H and O–H groups in total. The second kappa shape index (κ2) is 4.76. The van der Waals surface area contributed by atoms with Crippen molar-refractivity contribution in [3.05, 3.63) is 0 Å². The molecule has 1 aliphatic rings. The van der Waals surface area contributed by atoms with Crippen molar-refractivity contribution < 1.29 is 9.53 Å². The maximum Gasteiger partial charge on any atom is 0.320 e. The van der Waals surface area contributed by atoms with Crippen molar-refractivity contribution in [3.63, 3.8) is 0 Å². The number of hydrogen-bond acceptors (Lipinski definition) is 3. The van der Waals surface area contributed by atoms with Crippen molar-refractivity contribution >= 4 is 5.97 Å². The van der Waals surface area contributed by atoms with Gasteiger partial charge in [-0.3, -0.25) is 4.79 Å². The van der Waals surface area contributed by atoms with Gasteiger partial charge in [-0.1, -0.05) is 12.8 Å². The smallest absolute Gasteiger partial charge is 0.320 e. The molecule has 3 nitrogen and oxygen atoms in total. The van der Waals surface area contributed by atoms with E-state index in [1.54, 1.807) is 6.07 Å². The Morgan fingerprint density at radius 3 is 2.75 bits per heavy atom. The Balaban J connectivity index is 2.08. The van der Waals surface area contributed by atoms with Gasteiger partial charge in [-0.25, -0.2) is 0 Å². The van der Waals surface area contributed by atoms with E-state index < -0.39 is 0 Å². The first-order valence-corrected chi connectivity index (χ1v) is 4.35. The minimum atomic E-state index is -0.385. The van der Waals surface area contributed by atoms with Crippen LogP contribution in [0.15, 0.2) is 0 Å². The van der Waals surface area contributed by atoms with Crippen LogP contribution in [0.1, 0.15) is 32.1 Å². The molecule has 12 heavy (non-hydrogen) atoms. The molecule has 0 aromatic carbocycles. The molecule has 0 aliphatic heterocycles. The van der Waals surface area contributed by atoms with Gasteiger partial charge < -0.3 is 4.74 Å². The van der Waals surface area contributed by atoms with E-state index >= 15 is 0 Å². The van der Waals surface area contributed by atoms with Crippen LogP contribution in [0.4, 0.5) is 0 Å². The minimum absolute atomic E-state index is 0.118. The zero-order valence-corrected chi connectivity index (χ0v) is 7.08. The van der Waals surface area contributed by atoms with Crippen LogP contribution in [-0.4, -0.2) is 12.6 Å². The summed E-state index contributed by atoms with van der Waals surface area (Å²) in [5, 5.41) is 8.18. The Morgan fingerprint density at radius 1 is 1.50 bits per heavy atom. The third-order valence-electron chi connectivity index (χ3n) is 2.18. The Bertz CT molecular complexity index is 189. The number of ether oxygens (including phenoxy) is 1. The third kappa shape index (κ3) is 2.91. The Kier molecular flexibility index (Phi) is 3.59. The monoisotopic (exact) mass is 167 g/mol. The summed E-state index contributed by atoms with van der Waals surface area (Å²) in [5.74, 6) is 0.164. The maximum atomic E-state index is 10.8. The minimum Gasteiger partial charge on any atom is -0.465 e. The van der Waals surface area contributed by atoms with Crippen LogP contribution in [0.25, 0.3) is 0 Å². The van der Waals surface area contributed by atoms with Gasteiger partial charge in [0.05, 0.1) is 12.7 Å². The third-order valence-corrected chi connectivity index (χ3v) is 2.18. The van der Waals surface area contributed by atoms with Crippen LogP contribution in [0.2, 0.25) is 0 Å². The average molecular weight is 167 g/mol. The van der Waals surface area contributed by atoms with E-state index in [2.05, 4.69) is 0 Å². The van der Waals surface area contributed by atoms with Crippen molar-refractivity contribution in [3.8, 4) is 6.07 Å². The van der Waals surface area contributed by atoms with E-state index in [1.165, 1.54) is 25.7 Å². The highest BCUT2D eigenvalue weighted by atomic mass is 16.5. The molecule has 0 aromatic heterocycles. The van der Waals surface area contributed by atoms with Crippen LogP contribution in [-0.2, 0) is 9.53 Å². The van der Waals surface area contributed by atoms with Crippen molar-refractivity contribution in [2.24, 2.45) is 5.92 Å².